The standard InChI is InChI=1S/C20H18ClFN4O3S/c1-3-11-26(16-7-5-15(22)6-8-16)30(28,29)18-13-14(4-9-17(18)21)20(27)23-19-10-12-25(2)24-19/h3-10,12-13H,1,11H2,2H3,(H,23,24,27). The average molecular weight is 449 g/mol. The Balaban J connectivity index is 1.99. The van der Waals surface area contributed by atoms with Crippen molar-refractivity contribution in [2.75, 3.05) is 16.2 Å². The molecule has 3 aromatic rings. The quantitative estimate of drug-likeness (QED) is 0.556. The second-order valence-corrected chi connectivity index (χ2v) is 8.51. The highest BCUT2D eigenvalue weighted by molar-refractivity contribution is 7.93. The number of amides is 1. The van der Waals surface area contributed by atoms with Crippen LogP contribution in [0.15, 0.2) is 72.3 Å². The largest absolute Gasteiger partial charge is 0.305 e. The fourth-order valence-corrected chi connectivity index (χ4v) is 4.64. The van der Waals surface area contributed by atoms with Gasteiger partial charge in [-0.2, -0.15) is 5.10 Å². The third-order valence-electron chi connectivity index (χ3n) is 4.13. The summed E-state index contributed by atoms with van der Waals surface area (Å²) in [5.74, 6) is -0.721. The molecular formula is C20H18ClFN4O3S. The molecule has 0 aliphatic rings. The first-order valence-corrected chi connectivity index (χ1v) is 10.5. The van der Waals surface area contributed by atoms with Gasteiger partial charge in [0.15, 0.2) is 5.82 Å². The van der Waals surface area contributed by atoms with Gasteiger partial charge >= 0.3 is 0 Å². The van der Waals surface area contributed by atoms with E-state index in [1.54, 1.807) is 19.3 Å². The van der Waals surface area contributed by atoms with E-state index in [0.29, 0.717) is 5.82 Å². The van der Waals surface area contributed by atoms with Crippen LogP contribution in [0.25, 0.3) is 0 Å². The van der Waals surface area contributed by atoms with Gasteiger partial charge in [-0.25, -0.2) is 12.8 Å². The van der Waals surface area contributed by atoms with Crippen LogP contribution in [-0.4, -0.2) is 30.7 Å². The van der Waals surface area contributed by atoms with Crippen LogP contribution in [0.5, 0.6) is 0 Å². The minimum Gasteiger partial charge on any atom is -0.305 e. The van der Waals surface area contributed by atoms with Crippen LogP contribution in [0, 0.1) is 5.82 Å². The molecule has 0 aliphatic carbocycles. The Kier molecular flexibility index (Phi) is 6.23. The van der Waals surface area contributed by atoms with Gasteiger partial charge in [-0.1, -0.05) is 17.7 Å². The van der Waals surface area contributed by atoms with Crippen LogP contribution in [-0.2, 0) is 17.1 Å². The van der Waals surface area contributed by atoms with Gasteiger partial charge in [0.25, 0.3) is 15.9 Å². The maximum absolute atomic E-state index is 13.3. The number of nitrogens with one attached hydrogen (secondary N) is 1. The van der Waals surface area contributed by atoms with Crippen LogP contribution in [0.4, 0.5) is 15.9 Å². The Morgan fingerprint density at radius 1 is 1.27 bits per heavy atom. The molecule has 0 saturated carbocycles. The molecular weight excluding hydrogens is 431 g/mol. The zero-order valence-corrected chi connectivity index (χ0v) is 17.5. The first-order valence-electron chi connectivity index (χ1n) is 8.72. The number of sulfonamides is 1. The molecule has 30 heavy (non-hydrogen) atoms. The Hall–Kier alpha value is -3.17. The molecule has 156 valence electrons. The smallest absolute Gasteiger partial charge is 0.266 e. The first-order chi connectivity index (χ1) is 14.2. The molecule has 0 bridgehead atoms. The number of hydrogen-bond acceptors (Lipinski definition) is 4. The van der Waals surface area contributed by atoms with Crippen molar-refractivity contribution >= 4 is 39.0 Å². The number of halogens is 2. The molecule has 0 spiro atoms. The highest BCUT2D eigenvalue weighted by Crippen LogP contribution is 2.30. The van der Waals surface area contributed by atoms with Gasteiger partial charge in [0, 0.05) is 24.9 Å². The maximum atomic E-state index is 13.3. The molecule has 0 atom stereocenters. The SMILES string of the molecule is C=CCN(c1ccc(F)cc1)S(=O)(=O)c1cc(C(=O)Nc2ccn(C)n2)ccc1Cl. The third kappa shape index (κ3) is 4.52. The van der Waals surface area contributed by atoms with Gasteiger partial charge < -0.3 is 5.32 Å². The minimum atomic E-state index is -4.18. The summed E-state index contributed by atoms with van der Waals surface area (Å²) in [7, 11) is -2.48. The van der Waals surface area contributed by atoms with E-state index in [4.69, 9.17) is 11.6 Å². The zero-order chi connectivity index (χ0) is 21.9. The van der Waals surface area contributed by atoms with Crippen LogP contribution < -0.4 is 9.62 Å². The van der Waals surface area contributed by atoms with E-state index in [0.717, 1.165) is 16.4 Å². The molecule has 1 heterocycles. The second-order valence-electron chi connectivity index (χ2n) is 6.28. The topological polar surface area (TPSA) is 84.3 Å². The number of benzene rings is 2. The lowest BCUT2D eigenvalue weighted by molar-refractivity contribution is 0.102. The van der Waals surface area contributed by atoms with Crippen molar-refractivity contribution < 1.29 is 17.6 Å². The summed E-state index contributed by atoms with van der Waals surface area (Å²) in [6.45, 7) is 3.51. The Morgan fingerprint density at radius 2 is 1.97 bits per heavy atom. The fraction of sp³-hybridized carbons (Fsp3) is 0.100. The van der Waals surface area contributed by atoms with E-state index >= 15 is 0 Å². The average Bonchev–Trinajstić information content (AvgIpc) is 3.11. The Bertz CT molecular complexity index is 1190. The van der Waals surface area contributed by atoms with Crippen molar-refractivity contribution in [2.24, 2.45) is 7.05 Å². The van der Waals surface area contributed by atoms with Gasteiger partial charge in [-0.15, -0.1) is 6.58 Å². The number of anilines is 2. The van der Waals surface area contributed by atoms with Gasteiger partial charge in [-0.05, 0) is 42.5 Å². The van der Waals surface area contributed by atoms with E-state index in [2.05, 4.69) is 17.0 Å². The van der Waals surface area contributed by atoms with E-state index in [-0.39, 0.29) is 27.7 Å². The molecule has 0 fully saturated rings. The summed E-state index contributed by atoms with van der Waals surface area (Å²) < 4.78 is 42.5. The van der Waals surface area contributed by atoms with Crippen molar-refractivity contribution in [2.45, 2.75) is 4.90 Å². The van der Waals surface area contributed by atoms with Crippen LogP contribution in [0.1, 0.15) is 10.4 Å². The molecule has 0 aliphatic heterocycles. The minimum absolute atomic E-state index is 0.0550. The third-order valence-corrected chi connectivity index (χ3v) is 6.40. The lowest BCUT2D eigenvalue weighted by Crippen LogP contribution is -2.31. The molecule has 3 rings (SSSR count). The summed E-state index contributed by atoms with van der Waals surface area (Å²) in [5.41, 5.74) is 0.317. The summed E-state index contributed by atoms with van der Waals surface area (Å²) in [6, 6.07) is 10.5. The van der Waals surface area contributed by atoms with E-state index in [9.17, 15) is 17.6 Å². The lowest BCUT2D eigenvalue weighted by atomic mass is 10.2. The van der Waals surface area contributed by atoms with Crippen LogP contribution in [0.2, 0.25) is 5.02 Å². The summed E-state index contributed by atoms with van der Waals surface area (Å²) >= 11 is 6.17. The number of carbonyl (C=O) groups excluding carboxylic acids is 1. The predicted octanol–water partition coefficient (Wildman–Crippen LogP) is 3.85. The van der Waals surface area contributed by atoms with Crippen LogP contribution >= 0.6 is 11.6 Å². The molecule has 2 aromatic carbocycles. The number of aromatic nitrogens is 2. The molecule has 0 saturated heterocycles. The molecule has 0 unspecified atom stereocenters. The molecule has 7 nitrogen and oxygen atoms in total. The number of nitrogens with zero attached hydrogens (tertiary/aromatic N) is 3. The molecule has 1 amide bonds. The molecule has 0 radical (unpaired) electrons. The Labute approximate surface area is 178 Å². The summed E-state index contributed by atoms with van der Waals surface area (Å²) in [6.07, 6.45) is 3.05. The normalized spacial score (nSPS) is 11.2. The highest BCUT2D eigenvalue weighted by atomic mass is 35.5. The van der Waals surface area contributed by atoms with E-state index in [1.165, 1.54) is 41.1 Å². The van der Waals surface area contributed by atoms with E-state index in [1.807, 2.05) is 0 Å². The lowest BCUT2D eigenvalue weighted by Gasteiger charge is -2.24. The monoisotopic (exact) mass is 448 g/mol. The van der Waals surface area contributed by atoms with Crippen LogP contribution in [0.3, 0.4) is 0 Å². The van der Waals surface area contributed by atoms with E-state index < -0.39 is 21.7 Å². The van der Waals surface area contributed by atoms with Gasteiger partial charge in [0.2, 0.25) is 0 Å². The Morgan fingerprint density at radius 3 is 2.57 bits per heavy atom. The van der Waals surface area contributed by atoms with Crippen molar-refractivity contribution in [1.82, 2.24) is 9.78 Å². The van der Waals surface area contributed by atoms with Crippen molar-refractivity contribution in [3.63, 3.8) is 0 Å². The molecule has 1 N–H and O–H groups in total. The molecule has 1 aromatic heterocycles. The molecule has 10 heteroatoms. The number of hydrogen-bond donors (Lipinski definition) is 1. The first kappa shape index (κ1) is 21.5. The van der Waals surface area contributed by atoms with Gasteiger partial charge in [0.05, 0.1) is 17.3 Å². The van der Waals surface area contributed by atoms with Gasteiger partial charge in [0.1, 0.15) is 10.7 Å². The van der Waals surface area contributed by atoms with Crippen molar-refractivity contribution in [3.8, 4) is 0 Å². The zero-order valence-electron chi connectivity index (χ0n) is 15.9. The number of rotatable bonds is 7. The van der Waals surface area contributed by atoms with Crippen molar-refractivity contribution in [1.29, 1.82) is 0 Å². The van der Waals surface area contributed by atoms with Gasteiger partial charge in [-0.3, -0.25) is 13.8 Å². The predicted molar refractivity (Wildman–Crippen MR) is 114 cm³/mol. The van der Waals surface area contributed by atoms with Crippen molar-refractivity contribution in [3.05, 3.63) is 83.8 Å². The highest BCUT2D eigenvalue weighted by Gasteiger charge is 2.27. The number of aryl methyl sites for hydroxylation is 1. The summed E-state index contributed by atoms with van der Waals surface area (Å²) in [4.78, 5) is 12.3. The second kappa shape index (κ2) is 8.68. The fourth-order valence-electron chi connectivity index (χ4n) is 2.70. The number of carbonyl (C=O) groups is 1. The summed E-state index contributed by atoms with van der Waals surface area (Å²) in [5, 5.41) is 6.59. The maximum Gasteiger partial charge on any atom is 0.266 e.